The molecule has 0 unspecified atom stereocenters. The van der Waals surface area contributed by atoms with Gasteiger partial charge in [0.2, 0.25) is 18.5 Å². The molecule has 2 aromatic rings. The second kappa shape index (κ2) is 9.50. The van der Waals surface area contributed by atoms with E-state index in [1.165, 1.54) is 4.90 Å². The number of nitrogens with two attached hydrogens (primary N) is 1. The summed E-state index contributed by atoms with van der Waals surface area (Å²) in [7, 11) is 1.70. The molecule has 0 radical (unpaired) electrons. The fourth-order valence-corrected chi connectivity index (χ4v) is 5.88. The Balaban J connectivity index is 1.60. The van der Waals surface area contributed by atoms with Crippen molar-refractivity contribution in [3.05, 3.63) is 65.7 Å². The van der Waals surface area contributed by atoms with Crippen molar-refractivity contribution in [3.63, 3.8) is 0 Å². The second-order valence-electron chi connectivity index (χ2n) is 10.2. The topological polar surface area (TPSA) is 108 Å². The Morgan fingerprint density at radius 2 is 1.64 bits per heavy atom. The van der Waals surface area contributed by atoms with Gasteiger partial charge in [0, 0.05) is 18.2 Å². The smallest absolute Gasteiger partial charge is 0.272 e. The van der Waals surface area contributed by atoms with Crippen LogP contribution in [0, 0.1) is 0 Å². The minimum Gasteiger partial charge on any atom is -0.332 e. The Hall–Kier alpha value is -3.52. The first-order valence-electron chi connectivity index (χ1n) is 12.7. The van der Waals surface area contributed by atoms with Crippen LogP contribution in [0.1, 0.15) is 62.5 Å². The molecule has 0 aromatic heterocycles. The van der Waals surface area contributed by atoms with Crippen molar-refractivity contribution >= 4 is 29.6 Å². The fraction of sp³-hybridized carbons (Fsp3) is 0.429. The van der Waals surface area contributed by atoms with Crippen LogP contribution in [0.25, 0.3) is 0 Å². The Labute approximate surface area is 211 Å². The zero-order chi connectivity index (χ0) is 25.3. The lowest BCUT2D eigenvalue weighted by atomic mass is 9.95. The van der Waals surface area contributed by atoms with E-state index in [-0.39, 0.29) is 11.8 Å². The van der Waals surface area contributed by atoms with E-state index in [9.17, 15) is 14.4 Å². The van der Waals surface area contributed by atoms with Crippen LogP contribution in [0.3, 0.4) is 0 Å². The van der Waals surface area contributed by atoms with Gasteiger partial charge in [0.25, 0.3) is 5.91 Å². The maximum Gasteiger partial charge on any atom is 0.272 e. The minimum absolute atomic E-state index is 0.251. The van der Waals surface area contributed by atoms with Gasteiger partial charge in [0.05, 0.1) is 16.9 Å². The highest BCUT2D eigenvalue weighted by molar-refractivity contribution is 6.20. The molecule has 188 valence electrons. The van der Waals surface area contributed by atoms with Gasteiger partial charge >= 0.3 is 0 Å². The minimum atomic E-state index is -1.13. The molecular formula is C28H33N5O3. The second-order valence-corrected chi connectivity index (χ2v) is 10.2. The number of nitrogens with one attached hydrogen (secondary N) is 1. The molecule has 0 saturated heterocycles. The lowest BCUT2D eigenvalue weighted by Crippen LogP contribution is -2.67. The summed E-state index contributed by atoms with van der Waals surface area (Å²) in [6, 6.07) is 17.3. The number of carbonyl (C=O) groups excluding carboxylic acids is 3. The Bertz CT molecular complexity index is 1180. The van der Waals surface area contributed by atoms with Gasteiger partial charge < -0.3 is 16.0 Å². The number of benzene rings is 2. The van der Waals surface area contributed by atoms with Crippen LogP contribution in [0.2, 0.25) is 0 Å². The van der Waals surface area contributed by atoms with E-state index >= 15 is 0 Å². The number of rotatable bonds is 6. The first kappa shape index (κ1) is 24.2. The Kier molecular flexibility index (Phi) is 6.38. The van der Waals surface area contributed by atoms with Gasteiger partial charge in [0.1, 0.15) is 5.66 Å². The van der Waals surface area contributed by atoms with E-state index in [1.54, 1.807) is 11.9 Å². The number of fused-ring (bicyclic) bond motifs is 1. The van der Waals surface area contributed by atoms with Crippen molar-refractivity contribution in [1.82, 2.24) is 10.2 Å². The fourth-order valence-electron chi connectivity index (χ4n) is 5.88. The van der Waals surface area contributed by atoms with E-state index in [0.29, 0.717) is 37.8 Å². The van der Waals surface area contributed by atoms with Crippen LogP contribution in [-0.2, 0) is 14.4 Å². The summed E-state index contributed by atoms with van der Waals surface area (Å²) in [5.41, 5.74) is 7.51. The quantitative estimate of drug-likeness (QED) is 0.482. The number of nitrogens with zero attached hydrogens (tertiary/aromatic N) is 3. The van der Waals surface area contributed by atoms with Gasteiger partial charge in [-0.3, -0.25) is 19.3 Å². The summed E-state index contributed by atoms with van der Waals surface area (Å²) < 4.78 is 0. The maximum atomic E-state index is 13.9. The van der Waals surface area contributed by atoms with Crippen molar-refractivity contribution in [3.8, 4) is 0 Å². The van der Waals surface area contributed by atoms with Crippen molar-refractivity contribution in [2.45, 2.75) is 68.7 Å². The summed E-state index contributed by atoms with van der Waals surface area (Å²) in [5, 5.41) is 3.15. The summed E-state index contributed by atoms with van der Waals surface area (Å²) in [6.07, 6.45) is 5.33. The molecular weight excluding hydrogens is 454 g/mol. The highest BCUT2D eigenvalue weighted by Gasteiger charge is 2.50. The van der Waals surface area contributed by atoms with Gasteiger partial charge in [-0.2, -0.15) is 0 Å². The van der Waals surface area contributed by atoms with Gasteiger partial charge in [-0.25, -0.2) is 4.99 Å². The van der Waals surface area contributed by atoms with Crippen molar-refractivity contribution in [2.75, 3.05) is 11.9 Å². The normalized spacial score (nSPS) is 22.4. The van der Waals surface area contributed by atoms with Gasteiger partial charge in [-0.1, -0.05) is 61.4 Å². The summed E-state index contributed by atoms with van der Waals surface area (Å²) >= 11 is 0. The lowest BCUT2D eigenvalue weighted by molar-refractivity contribution is -0.143. The lowest BCUT2D eigenvalue weighted by Gasteiger charge is -2.43. The average Bonchev–Trinajstić information content (AvgIpc) is 3.54. The van der Waals surface area contributed by atoms with Gasteiger partial charge in [-0.05, 0) is 44.6 Å². The molecule has 0 spiro atoms. The third-order valence-electron chi connectivity index (χ3n) is 7.97. The molecule has 36 heavy (non-hydrogen) atoms. The summed E-state index contributed by atoms with van der Waals surface area (Å²) in [6.45, 7) is 0. The van der Waals surface area contributed by atoms with Crippen LogP contribution >= 0.6 is 0 Å². The number of likely N-dealkylation sites (N-methyl/N-ethyl adjacent to an activating group) is 1. The van der Waals surface area contributed by atoms with Gasteiger partial charge in [0.15, 0.2) is 0 Å². The monoisotopic (exact) mass is 487 g/mol. The molecule has 2 saturated carbocycles. The number of amides is 3. The molecule has 3 amide bonds. The standard InChI is InChI=1S/C28H33N5O3/c1-32-22-14-6-5-13-21(22)23(20-11-3-2-4-12-20)30-24(25(32)35)33(19-34)28(17-9-10-18-28)31-26(36)27(29)15-7-8-16-27/h2-6,11-14,19,24H,7-10,15-18,29H2,1H3,(H,31,36)/t24-/m0/s1. The summed E-state index contributed by atoms with van der Waals surface area (Å²) in [5.74, 6) is -0.581. The largest absolute Gasteiger partial charge is 0.332 e. The molecule has 3 aliphatic rings. The first-order valence-corrected chi connectivity index (χ1v) is 12.7. The average molecular weight is 488 g/mol. The van der Waals surface area contributed by atoms with Gasteiger partial charge in [-0.15, -0.1) is 0 Å². The van der Waals surface area contributed by atoms with Crippen LogP contribution < -0.4 is 16.0 Å². The molecule has 2 fully saturated rings. The van der Waals surface area contributed by atoms with E-state index < -0.39 is 17.4 Å². The SMILES string of the molecule is CN1C(=O)[C@H](N(C=O)C2(NC(=O)C3(N)CCCC3)CCCC2)N=C(c2ccccc2)c2ccccc21. The third-order valence-corrected chi connectivity index (χ3v) is 7.97. The maximum absolute atomic E-state index is 13.9. The molecule has 1 atom stereocenters. The number of benzodiazepines with no additional fused rings is 1. The first-order chi connectivity index (χ1) is 17.4. The number of anilines is 1. The molecule has 2 aromatic carbocycles. The molecule has 5 rings (SSSR count). The molecule has 1 aliphatic heterocycles. The molecule has 0 bridgehead atoms. The van der Waals surface area contributed by atoms with E-state index in [0.717, 1.165) is 42.5 Å². The highest BCUT2D eigenvalue weighted by atomic mass is 16.2. The van der Waals surface area contributed by atoms with Crippen LogP contribution in [0.5, 0.6) is 0 Å². The van der Waals surface area contributed by atoms with Crippen LogP contribution in [0.4, 0.5) is 5.69 Å². The summed E-state index contributed by atoms with van der Waals surface area (Å²) in [4.78, 5) is 48.0. The van der Waals surface area contributed by atoms with E-state index in [4.69, 9.17) is 10.7 Å². The molecule has 8 heteroatoms. The third kappa shape index (κ3) is 4.09. The Morgan fingerprint density at radius 1 is 1.03 bits per heavy atom. The van der Waals surface area contributed by atoms with Crippen LogP contribution in [-0.4, -0.2) is 53.3 Å². The number of aliphatic imine (C=N–C) groups is 1. The van der Waals surface area contributed by atoms with E-state index in [1.807, 2.05) is 54.6 Å². The molecule has 1 heterocycles. The van der Waals surface area contributed by atoms with E-state index in [2.05, 4.69) is 5.32 Å². The zero-order valence-electron chi connectivity index (χ0n) is 20.7. The molecule has 8 nitrogen and oxygen atoms in total. The van der Waals surface area contributed by atoms with Crippen LogP contribution in [0.15, 0.2) is 59.6 Å². The molecule has 3 N–H and O–H groups in total. The van der Waals surface area contributed by atoms with Crippen molar-refractivity contribution in [1.29, 1.82) is 0 Å². The van der Waals surface area contributed by atoms with Crippen molar-refractivity contribution in [2.24, 2.45) is 10.7 Å². The highest BCUT2D eigenvalue weighted by Crippen LogP contribution is 2.38. The Morgan fingerprint density at radius 3 is 2.31 bits per heavy atom. The number of hydrogen-bond donors (Lipinski definition) is 2. The zero-order valence-corrected chi connectivity index (χ0v) is 20.7. The van der Waals surface area contributed by atoms with Crippen molar-refractivity contribution < 1.29 is 14.4 Å². The molecule has 2 aliphatic carbocycles. The number of carbonyl (C=O) groups is 3. The number of para-hydroxylation sites is 1. The predicted molar refractivity (Wildman–Crippen MR) is 138 cm³/mol. The predicted octanol–water partition coefficient (Wildman–Crippen LogP) is 2.94. The number of hydrogen-bond acceptors (Lipinski definition) is 5.